The molecule has 0 unspecified atom stereocenters. The van der Waals surface area contributed by atoms with Gasteiger partial charge in [-0.15, -0.1) is 0 Å². The predicted molar refractivity (Wildman–Crippen MR) is 55.5 cm³/mol. The molecule has 0 amide bonds. The Balaban J connectivity index is 2.87. The molecule has 0 aliphatic carbocycles. The van der Waals surface area contributed by atoms with Crippen LogP contribution in [0.5, 0.6) is 5.75 Å². The molecule has 0 spiro atoms. The second-order valence-corrected chi connectivity index (χ2v) is 3.10. The van der Waals surface area contributed by atoms with Crippen molar-refractivity contribution in [2.24, 2.45) is 0 Å². The molecule has 0 heterocycles. The number of aromatic carboxylic acids is 1. The molecule has 0 bridgehead atoms. The highest BCUT2D eigenvalue weighted by Crippen LogP contribution is 2.23. The first kappa shape index (κ1) is 11.5. The number of rotatable bonds is 5. The van der Waals surface area contributed by atoms with Crippen LogP contribution in [0.2, 0.25) is 0 Å². The molecule has 0 saturated carbocycles. The predicted octanol–water partition coefficient (Wildman–Crippen LogP) is 1.72. The van der Waals surface area contributed by atoms with E-state index in [9.17, 15) is 4.79 Å². The molecule has 1 rings (SSSR count). The van der Waals surface area contributed by atoms with E-state index < -0.39 is 5.97 Å². The van der Waals surface area contributed by atoms with Crippen LogP contribution in [-0.4, -0.2) is 31.4 Å². The molecule has 0 fully saturated rings. The maximum absolute atomic E-state index is 10.9. The summed E-state index contributed by atoms with van der Waals surface area (Å²) in [5, 5.41) is 8.94. The number of benzene rings is 1. The van der Waals surface area contributed by atoms with Gasteiger partial charge in [-0.1, -0.05) is 12.1 Å². The number of aryl methyl sites for hydroxylation is 1. The molecule has 0 saturated heterocycles. The zero-order chi connectivity index (χ0) is 11.3. The summed E-state index contributed by atoms with van der Waals surface area (Å²) in [6, 6.07) is 5.04. The van der Waals surface area contributed by atoms with Gasteiger partial charge >= 0.3 is 5.97 Å². The van der Waals surface area contributed by atoms with Gasteiger partial charge in [0.05, 0.1) is 6.61 Å². The molecule has 0 aliphatic rings. The van der Waals surface area contributed by atoms with Crippen molar-refractivity contribution in [3.63, 3.8) is 0 Å². The molecule has 0 aromatic heterocycles. The van der Waals surface area contributed by atoms with Gasteiger partial charge in [0.15, 0.2) is 0 Å². The van der Waals surface area contributed by atoms with E-state index in [1.54, 1.807) is 13.2 Å². The summed E-state index contributed by atoms with van der Waals surface area (Å²) in [4.78, 5) is 10.9. The average molecular weight is 210 g/mol. The molecule has 4 nitrogen and oxygen atoms in total. The van der Waals surface area contributed by atoms with Crippen LogP contribution < -0.4 is 4.74 Å². The second-order valence-electron chi connectivity index (χ2n) is 3.10. The van der Waals surface area contributed by atoms with E-state index in [1.807, 2.05) is 13.0 Å². The fourth-order valence-electron chi connectivity index (χ4n) is 1.24. The van der Waals surface area contributed by atoms with E-state index in [1.165, 1.54) is 6.07 Å². The summed E-state index contributed by atoms with van der Waals surface area (Å²) in [6.07, 6.45) is 0. The molecular formula is C11H14O4. The summed E-state index contributed by atoms with van der Waals surface area (Å²) < 4.78 is 10.2. The SMILES string of the molecule is COCCOc1c(C)cccc1C(=O)O. The van der Waals surface area contributed by atoms with E-state index >= 15 is 0 Å². The first-order valence-corrected chi connectivity index (χ1v) is 4.61. The largest absolute Gasteiger partial charge is 0.490 e. The van der Waals surface area contributed by atoms with E-state index in [4.69, 9.17) is 14.6 Å². The van der Waals surface area contributed by atoms with Crippen LogP contribution in [0.4, 0.5) is 0 Å². The van der Waals surface area contributed by atoms with Crippen LogP contribution in [0.3, 0.4) is 0 Å². The standard InChI is InChI=1S/C11H14O4/c1-8-4-3-5-9(11(12)13)10(8)15-7-6-14-2/h3-5H,6-7H2,1-2H3,(H,12,13). The van der Waals surface area contributed by atoms with Crippen LogP contribution in [0.25, 0.3) is 0 Å². The van der Waals surface area contributed by atoms with Gasteiger partial charge in [-0.3, -0.25) is 0 Å². The van der Waals surface area contributed by atoms with Gasteiger partial charge in [0, 0.05) is 7.11 Å². The zero-order valence-electron chi connectivity index (χ0n) is 8.82. The normalized spacial score (nSPS) is 10.0. The van der Waals surface area contributed by atoms with Gasteiger partial charge in [0.1, 0.15) is 17.9 Å². The van der Waals surface area contributed by atoms with E-state index in [0.29, 0.717) is 19.0 Å². The first-order chi connectivity index (χ1) is 7.16. The van der Waals surface area contributed by atoms with E-state index in [-0.39, 0.29) is 5.56 Å². The second kappa shape index (κ2) is 5.36. The molecule has 0 radical (unpaired) electrons. The molecule has 0 atom stereocenters. The third-order valence-electron chi connectivity index (χ3n) is 1.98. The Kier molecular flexibility index (Phi) is 4.12. The third-order valence-corrected chi connectivity index (χ3v) is 1.98. The molecule has 15 heavy (non-hydrogen) atoms. The van der Waals surface area contributed by atoms with Crippen LogP contribution in [0.15, 0.2) is 18.2 Å². The Bertz CT molecular complexity index is 346. The molecule has 1 N–H and O–H groups in total. The van der Waals surface area contributed by atoms with Crippen molar-refractivity contribution in [2.75, 3.05) is 20.3 Å². The van der Waals surface area contributed by atoms with Crippen molar-refractivity contribution in [3.05, 3.63) is 29.3 Å². The summed E-state index contributed by atoms with van der Waals surface area (Å²) >= 11 is 0. The lowest BCUT2D eigenvalue weighted by atomic mass is 10.1. The Morgan fingerprint density at radius 2 is 2.13 bits per heavy atom. The highest BCUT2D eigenvalue weighted by Gasteiger charge is 2.12. The lowest BCUT2D eigenvalue weighted by Crippen LogP contribution is -2.09. The fourth-order valence-corrected chi connectivity index (χ4v) is 1.24. The van der Waals surface area contributed by atoms with Crippen LogP contribution in [-0.2, 0) is 4.74 Å². The maximum atomic E-state index is 10.9. The number of carboxylic acids is 1. The highest BCUT2D eigenvalue weighted by atomic mass is 16.5. The van der Waals surface area contributed by atoms with Gasteiger partial charge in [-0.2, -0.15) is 0 Å². The maximum Gasteiger partial charge on any atom is 0.339 e. The Hall–Kier alpha value is -1.55. The van der Waals surface area contributed by atoms with Crippen molar-refractivity contribution in [3.8, 4) is 5.75 Å². The van der Waals surface area contributed by atoms with Crippen molar-refractivity contribution < 1.29 is 19.4 Å². The minimum atomic E-state index is -0.980. The van der Waals surface area contributed by atoms with Crippen molar-refractivity contribution in [1.82, 2.24) is 0 Å². The Morgan fingerprint density at radius 3 is 2.73 bits per heavy atom. The van der Waals surface area contributed by atoms with E-state index in [2.05, 4.69) is 0 Å². The number of carbonyl (C=O) groups is 1. The monoisotopic (exact) mass is 210 g/mol. The summed E-state index contributed by atoms with van der Waals surface area (Å²) in [7, 11) is 1.57. The van der Waals surface area contributed by atoms with Gasteiger partial charge < -0.3 is 14.6 Å². The number of hydrogen-bond acceptors (Lipinski definition) is 3. The van der Waals surface area contributed by atoms with E-state index in [0.717, 1.165) is 5.56 Å². The summed E-state index contributed by atoms with van der Waals surface area (Å²) in [5.74, 6) is -0.562. The van der Waals surface area contributed by atoms with Gasteiger partial charge in [-0.25, -0.2) is 4.79 Å². The number of carboxylic acid groups (broad SMARTS) is 1. The van der Waals surface area contributed by atoms with Gasteiger partial charge in [0.25, 0.3) is 0 Å². The van der Waals surface area contributed by atoms with Crippen LogP contribution in [0, 0.1) is 6.92 Å². The first-order valence-electron chi connectivity index (χ1n) is 4.61. The van der Waals surface area contributed by atoms with Crippen LogP contribution >= 0.6 is 0 Å². The average Bonchev–Trinajstić information content (AvgIpc) is 2.20. The number of para-hydroxylation sites is 1. The minimum absolute atomic E-state index is 0.186. The summed E-state index contributed by atoms with van der Waals surface area (Å²) in [5.41, 5.74) is 0.997. The highest BCUT2D eigenvalue weighted by molar-refractivity contribution is 5.91. The third kappa shape index (κ3) is 2.95. The lowest BCUT2D eigenvalue weighted by Gasteiger charge is -2.11. The topological polar surface area (TPSA) is 55.8 Å². The summed E-state index contributed by atoms with van der Waals surface area (Å²) in [6.45, 7) is 2.60. The Morgan fingerprint density at radius 1 is 1.40 bits per heavy atom. The molecular weight excluding hydrogens is 196 g/mol. The van der Waals surface area contributed by atoms with Crippen molar-refractivity contribution in [2.45, 2.75) is 6.92 Å². The number of hydrogen-bond donors (Lipinski definition) is 1. The van der Waals surface area contributed by atoms with Gasteiger partial charge in [0.2, 0.25) is 0 Å². The van der Waals surface area contributed by atoms with Crippen molar-refractivity contribution in [1.29, 1.82) is 0 Å². The fraction of sp³-hybridized carbons (Fsp3) is 0.364. The lowest BCUT2D eigenvalue weighted by molar-refractivity contribution is 0.0689. The quantitative estimate of drug-likeness (QED) is 0.752. The number of methoxy groups -OCH3 is 1. The molecule has 82 valence electrons. The molecule has 1 aromatic rings. The van der Waals surface area contributed by atoms with Crippen LogP contribution in [0.1, 0.15) is 15.9 Å². The van der Waals surface area contributed by atoms with Crippen molar-refractivity contribution >= 4 is 5.97 Å². The molecule has 0 aliphatic heterocycles. The minimum Gasteiger partial charge on any atom is -0.490 e. The molecule has 4 heteroatoms. The Labute approximate surface area is 88.4 Å². The smallest absolute Gasteiger partial charge is 0.339 e. The zero-order valence-corrected chi connectivity index (χ0v) is 8.82. The number of ether oxygens (including phenoxy) is 2. The molecule has 1 aromatic carbocycles. The van der Waals surface area contributed by atoms with Gasteiger partial charge in [-0.05, 0) is 18.6 Å².